The minimum Gasteiger partial charge on any atom is -0.370 e. The molecule has 1 aromatic carbocycles. The predicted molar refractivity (Wildman–Crippen MR) is 87.7 cm³/mol. The van der Waals surface area contributed by atoms with Crippen molar-refractivity contribution < 1.29 is 0 Å². The van der Waals surface area contributed by atoms with Crippen molar-refractivity contribution in [3.8, 4) is 0 Å². The molecule has 1 saturated heterocycles. The van der Waals surface area contributed by atoms with Crippen molar-refractivity contribution in [2.24, 2.45) is 11.7 Å². The molecule has 1 aliphatic heterocycles. The lowest BCUT2D eigenvalue weighted by molar-refractivity contribution is 0.285. The van der Waals surface area contributed by atoms with Gasteiger partial charge in [-0.1, -0.05) is 17.7 Å². The molecule has 1 aliphatic rings. The number of hydrogen-bond acceptors (Lipinski definition) is 3. The van der Waals surface area contributed by atoms with Crippen LogP contribution in [0.25, 0.3) is 0 Å². The van der Waals surface area contributed by atoms with Crippen molar-refractivity contribution in [2.75, 3.05) is 45.2 Å². The Kier molecular flexibility index (Phi) is 5.70. The summed E-state index contributed by atoms with van der Waals surface area (Å²) in [6.07, 6.45) is 3.39. The van der Waals surface area contributed by atoms with E-state index in [-0.39, 0.29) is 0 Å². The molecule has 0 radical (unpaired) electrons. The van der Waals surface area contributed by atoms with Crippen molar-refractivity contribution in [3.05, 3.63) is 28.8 Å². The van der Waals surface area contributed by atoms with Crippen LogP contribution in [0, 0.1) is 5.92 Å². The van der Waals surface area contributed by atoms with Crippen molar-refractivity contribution in [3.63, 3.8) is 0 Å². The minimum atomic E-state index is 0.672. The van der Waals surface area contributed by atoms with Crippen LogP contribution in [0.1, 0.15) is 18.4 Å². The molecule has 0 saturated carbocycles. The average molecular weight is 296 g/mol. The zero-order chi connectivity index (χ0) is 14.5. The number of benzene rings is 1. The van der Waals surface area contributed by atoms with E-state index in [0.717, 1.165) is 30.5 Å². The van der Waals surface area contributed by atoms with Gasteiger partial charge in [-0.2, -0.15) is 0 Å². The average Bonchev–Trinajstić information content (AvgIpc) is 2.40. The summed E-state index contributed by atoms with van der Waals surface area (Å²) >= 11 is 6.43. The Morgan fingerprint density at radius 1 is 1.30 bits per heavy atom. The van der Waals surface area contributed by atoms with E-state index < -0.39 is 0 Å². The van der Waals surface area contributed by atoms with Crippen molar-refractivity contribution in [2.45, 2.75) is 19.3 Å². The zero-order valence-corrected chi connectivity index (χ0v) is 13.4. The first-order chi connectivity index (χ1) is 9.60. The molecule has 2 N–H and O–H groups in total. The Labute approximate surface area is 127 Å². The van der Waals surface area contributed by atoms with Gasteiger partial charge in [0.15, 0.2) is 0 Å². The quantitative estimate of drug-likeness (QED) is 0.906. The van der Waals surface area contributed by atoms with Crippen molar-refractivity contribution >= 4 is 17.3 Å². The Morgan fingerprint density at radius 3 is 2.55 bits per heavy atom. The molecule has 2 rings (SSSR count). The van der Waals surface area contributed by atoms with Gasteiger partial charge >= 0.3 is 0 Å². The van der Waals surface area contributed by atoms with E-state index in [1.165, 1.54) is 30.6 Å². The van der Waals surface area contributed by atoms with Crippen LogP contribution in [-0.4, -0.2) is 45.2 Å². The summed E-state index contributed by atoms with van der Waals surface area (Å²) in [5.41, 5.74) is 7.99. The van der Waals surface area contributed by atoms with Gasteiger partial charge in [0.05, 0.1) is 10.7 Å². The highest BCUT2D eigenvalue weighted by Crippen LogP contribution is 2.30. The molecular weight excluding hydrogens is 270 g/mol. The molecular formula is C16H26ClN3. The third-order valence-electron chi connectivity index (χ3n) is 4.02. The lowest BCUT2D eigenvalue weighted by atomic mass is 9.96. The number of rotatable bonds is 5. The van der Waals surface area contributed by atoms with Crippen LogP contribution >= 0.6 is 11.6 Å². The summed E-state index contributed by atoms with van der Waals surface area (Å²) < 4.78 is 0. The van der Waals surface area contributed by atoms with Crippen LogP contribution in [0.2, 0.25) is 5.02 Å². The second kappa shape index (κ2) is 7.30. The third kappa shape index (κ3) is 4.11. The number of nitrogens with zero attached hydrogens (tertiary/aromatic N) is 2. The maximum atomic E-state index is 6.43. The van der Waals surface area contributed by atoms with E-state index in [1.807, 2.05) is 0 Å². The molecule has 20 heavy (non-hydrogen) atoms. The number of halogens is 1. The van der Waals surface area contributed by atoms with Gasteiger partial charge in [0.25, 0.3) is 0 Å². The van der Waals surface area contributed by atoms with Gasteiger partial charge in [-0.15, -0.1) is 0 Å². The molecule has 0 aromatic heterocycles. The summed E-state index contributed by atoms with van der Waals surface area (Å²) in [6.45, 7) is 4.07. The second-order valence-electron chi connectivity index (χ2n) is 6.02. The molecule has 0 unspecified atom stereocenters. The molecule has 3 nitrogen and oxygen atoms in total. The second-order valence-corrected chi connectivity index (χ2v) is 6.42. The SMILES string of the molecule is CN(C)CC1CCN(c2ccc(CCN)cc2Cl)CC1. The fourth-order valence-electron chi connectivity index (χ4n) is 3.00. The molecule has 4 heteroatoms. The molecule has 1 fully saturated rings. The number of piperidine rings is 1. The zero-order valence-electron chi connectivity index (χ0n) is 12.6. The molecule has 0 aliphatic carbocycles. The van der Waals surface area contributed by atoms with E-state index in [4.69, 9.17) is 17.3 Å². The van der Waals surface area contributed by atoms with E-state index in [1.54, 1.807) is 0 Å². The molecule has 0 bridgehead atoms. The summed E-state index contributed by atoms with van der Waals surface area (Å²) in [7, 11) is 4.30. The monoisotopic (exact) mass is 295 g/mol. The van der Waals surface area contributed by atoms with Crippen LogP contribution in [0.15, 0.2) is 18.2 Å². The van der Waals surface area contributed by atoms with Gasteiger partial charge < -0.3 is 15.5 Å². The Morgan fingerprint density at radius 2 is 2.00 bits per heavy atom. The van der Waals surface area contributed by atoms with Crippen molar-refractivity contribution in [1.29, 1.82) is 0 Å². The van der Waals surface area contributed by atoms with Crippen LogP contribution < -0.4 is 10.6 Å². The Balaban J connectivity index is 1.96. The van der Waals surface area contributed by atoms with Crippen LogP contribution in [0.4, 0.5) is 5.69 Å². The first-order valence-corrected chi connectivity index (χ1v) is 7.86. The lowest BCUT2D eigenvalue weighted by Gasteiger charge is -2.35. The third-order valence-corrected chi connectivity index (χ3v) is 4.33. The van der Waals surface area contributed by atoms with E-state index in [9.17, 15) is 0 Å². The highest BCUT2D eigenvalue weighted by Gasteiger charge is 2.21. The first-order valence-electron chi connectivity index (χ1n) is 7.48. The number of hydrogen-bond donors (Lipinski definition) is 1. The summed E-state index contributed by atoms with van der Waals surface area (Å²) in [5, 5.41) is 0.863. The van der Waals surface area contributed by atoms with Crippen LogP contribution in [0.3, 0.4) is 0 Å². The fraction of sp³-hybridized carbons (Fsp3) is 0.625. The minimum absolute atomic E-state index is 0.672. The first kappa shape index (κ1) is 15.6. The molecule has 1 aromatic rings. The smallest absolute Gasteiger partial charge is 0.0642 e. The summed E-state index contributed by atoms with van der Waals surface area (Å²) in [4.78, 5) is 4.70. The van der Waals surface area contributed by atoms with E-state index in [2.05, 4.69) is 42.1 Å². The van der Waals surface area contributed by atoms with Gasteiger partial charge in [-0.25, -0.2) is 0 Å². The normalized spacial score (nSPS) is 16.9. The Bertz CT molecular complexity index is 426. The summed E-state index contributed by atoms with van der Waals surface area (Å²) in [5.74, 6) is 0.816. The molecule has 112 valence electrons. The predicted octanol–water partition coefficient (Wildman–Crippen LogP) is 2.62. The van der Waals surface area contributed by atoms with Gasteiger partial charge in [0, 0.05) is 19.6 Å². The fourth-order valence-corrected chi connectivity index (χ4v) is 3.32. The van der Waals surface area contributed by atoms with Gasteiger partial charge in [-0.05, 0) is 63.5 Å². The lowest BCUT2D eigenvalue weighted by Crippen LogP contribution is -2.37. The number of nitrogens with two attached hydrogens (primary N) is 1. The maximum Gasteiger partial charge on any atom is 0.0642 e. The topological polar surface area (TPSA) is 32.5 Å². The van der Waals surface area contributed by atoms with Gasteiger partial charge in [-0.3, -0.25) is 0 Å². The van der Waals surface area contributed by atoms with Gasteiger partial charge in [0.2, 0.25) is 0 Å². The van der Waals surface area contributed by atoms with E-state index in [0.29, 0.717) is 6.54 Å². The standard InChI is InChI=1S/C16H26ClN3/c1-19(2)12-14-6-9-20(10-7-14)16-4-3-13(5-8-18)11-15(16)17/h3-4,11,14H,5-10,12,18H2,1-2H3. The highest BCUT2D eigenvalue weighted by atomic mass is 35.5. The highest BCUT2D eigenvalue weighted by molar-refractivity contribution is 6.33. The molecule has 0 atom stereocenters. The van der Waals surface area contributed by atoms with Crippen molar-refractivity contribution in [1.82, 2.24) is 4.90 Å². The molecule has 1 heterocycles. The summed E-state index contributed by atoms with van der Waals surface area (Å²) in [6, 6.07) is 6.37. The van der Waals surface area contributed by atoms with Crippen LogP contribution in [0.5, 0.6) is 0 Å². The largest absolute Gasteiger partial charge is 0.370 e. The maximum absolute atomic E-state index is 6.43. The van der Waals surface area contributed by atoms with Gasteiger partial charge in [0.1, 0.15) is 0 Å². The number of anilines is 1. The molecule has 0 amide bonds. The van der Waals surface area contributed by atoms with Crippen LogP contribution in [-0.2, 0) is 6.42 Å². The van der Waals surface area contributed by atoms with E-state index >= 15 is 0 Å². The molecule has 0 spiro atoms. The Hall–Kier alpha value is -0.770.